The molecule has 1 amide bonds. The summed E-state index contributed by atoms with van der Waals surface area (Å²) in [5.74, 6) is 0.436. The van der Waals surface area contributed by atoms with Crippen LogP contribution in [0.15, 0.2) is 24.3 Å². The Bertz CT molecular complexity index is 659. The minimum Gasteiger partial charge on any atom is -0.466 e. The summed E-state index contributed by atoms with van der Waals surface area (Å²) in [6.45, 7) is 2.28. The van der Waals surface area contributed by atoms with E-state index in [1.165, 1.54) is 0 Å². The lowest BCUT2D eigenvalue weighted by atomic mass is 9.59. The fraction of sp³-hybridized carbons (Fsp3) is 0.556. The van der Waals surface area contributed by atoms with E-state index in [1.807, 2.05) is 31.2 Å². The quantitative estimate of drug-likeness (QED) is 0.823. The molecule has 1 aromatic rings. The summed E-state index contributed by atoms with van der Waals surface area (Å²) in [4.78, 5) is 24.7. The molecule has 2 bridgehead atoms. The third-order valence-electron chi connectivity index (χ3n) is 5.73. The number of ether oxygens (including phenoxy) is 1. The van der Waals surface area contributed by atoms with Crippen LogP contribution in [-0.2, 0) is 9.53 Å². The maximum absolute atomic E-state index is 12.5. The van der Waals surface area contributed by atoms with Gasteiger partial charge in [-0.2, -0.15) is 0 Å². The maximum Gasteiger partial charge on any atom is 0.309 e. The zero-order valence-corrected chi connectivity index (χ0v) is 13.3. The number of benzene rings is 1. The normalized spacial score (nSPS) is 34.5. The summed E-state index contributed by atoms with van der Waals surface area (Å²) in [5, 5.41) is 6.79. The highest BCUT2D eigenvalue weighted by molar-refractivity contribution is 6.02. The van der Waals surface area contributed by atoms with Crippen molar-refractivity contribution in [2.75, 3.05) is 11.9 Å². The molecule has 0 saturated heterocycles. The number of rotatable bonds is 2. The van der Waals surface area contributed by atoms with Gasteiger partial charge in [-0.25, -0.2) is 0 Å². The summed E-state index contributed by atoms with van der Waals surface area (Å²) in [6.07, 6.45) is 3.66. The van der Waals surface area contributed by atoms with Crippen LogP contribution in [0.4, 0.5) is 5.69 Å². The van der Waals surface area contributed by atoms with Gasteiger partial charge < -0.3 is 15.4 Å². The van der Waals surface area contributed by atoms with E-state index in [0.29, 0.717) is 12.2 Å². The van der Waals surface area contributed by atoms with E-state index >= 15 is 0 Å². The predicted molar refractivity (Wildman–Crippen MR) is 85.8 cm³/mol. The Labute approximate surface area is 135 Å². The number of hydrogen-bond donors (Lipinski definition) is 2. The molecule has 1 aromatic carbocycles. The van der Waals surface area contributed by atoms with Crippen LogP contribution in [0.25, 0.3) is 0 Å². The lowest BCUT2D eigenvalue weighted by Crippen LogP contribution is -2.67. The molecule has 3 fully saturated rings. The standard InChI is InChI=1S/C18H22N2O3/c1-2-23-17(22)14-9-12-8-7-11(14)10-18(12)19-15-6-4-3-5-13(15)16(21)20-18/h3-6,11-12,14,19H,2,7-10H2,1H3,(H,20,21)/t11?,12?,14?,18-/m0/s1. The first kappa shape index (κ1) is 14.5. The van der Waals surface area contributed by atoms with Crippen LogP contribution < -0.4 is 10.6 Å². The number of para-hydroxylation sites is 1. The first-order valence-electron chi connectivity index (χ1n) is 8.49. The van der Waals surface area contributed by atoms with Gasteiger partial charge in [0, 0.05) is 11.6 Å². The SMILES string of the molecule is CCOC(=O)C1CC2CCC1C[C@]21NC(=O)c2ccccc2N1. The smallest absolute Gasteiger partial charge is 0.309 e. The van der Waals surface area contributed by atoms with Crippen molar-refractivity contribution in [3.05, 3.63) is 29.8 Å². The Morgan fingerprint density at radius 3 is 2.87 bits per heavy atom. The van der Waals surface area contributed by atoms with Gasteiger partial charge in [0.1, 0.15) is 5.66 Å². The van der Waals surface area contributed by atoms with Crippen molar-refractivity contribution in [2.24, 2.45) is 17.8 Å². The van der Waals surface area contributed by atoms with Gasteiger partial charge in [-0.1, -0.05) is 12.1 Å². The van der Waals surface area contributed by atoms with Crippen molar-refractivity contribution in [3.8, 4) is 0 Å². The third kappa shape index (κ3) is 2.21. The summed E-state index contributed by atoms with van der Waals surface area (Å²) >= 11 is 0. The number of anilines is 1. The molecule has 5 rings (SSSR count). The van der Waals surface area contributed by atoms with Gasteiger partial charge in [-0.05, 0) is 50.7 Å². The van der Waals surface area contributed by atoms with Crippen LogP contribution in [0.1, 0.15) is 43.0 Å². The highest BCUT2D eigenvalue weighted by Crippen LogP contribution is 2.52. The zero-order valence-electron chi connectivity index (χ0n) is 13.3. The van der Waals surface area contributed by atoms with Crippen LogP contribution in [-0.4, -0.2) is 24.1 Å². The summed E-state index contributed by atoms with van der Waals surface area (Å²) in [6, 6.07) is 7.62. The molecule has 1 heterocycles. The van der Waals surface area contributed by atoms with E-state index in [-0.39, 0.29) is 29.6 Å². The summed E-state index contributed by atoms with van der Waals surface area (Å²) in [7, 11) is 0. The van der Waals surface area contributed by atoms with E-state index in [1.54, 1.807) is 0 Å². The number of nitrogens with one attached hydrogen (secondary N) is 2. The molecule has 1 aliphatic heterocycles. The van der Waals surface area contributed by atoms with Gasteiger partial charge in [0.2, 0.25) is 0 Å². The molecule has 2 N–H and O–H groups in total. The fourth-order valence-corrected chi connectivity index (χ4v) is 4.68. The highest BCUT2D eigenvalue weighted by atomic mass is 16.5. The van der Waals surface area contributed by atoms with Gasteiger partial charge >= 0.3 is 5.97 Å². The van der Waals surface area contributed by atoms with E-state index in [0.717, 1.165) is 31.4 Å². The minimum atomic E-state index is -0.405. The van der Waals surface area contributed by atoms with E-state index in [4.69, 9.17) is 4.74 Å². The monoisotopic (exact) mass is 314 g/mol. The Hall–Kier alpha value is -2.04. The van der Waals surface area contributed by atoms with Crippen molar-refractivity contribution >= 4 is 17.6 Å². The predicted octanol–water partition coefficient (Wildman–Crippen LogP) is 2.54. The van der Waals surface area contributed by atoms with Crippen molar-refractivity contribution < 1.29 is 14.3 Å². The molecule has 3 saturated carbocycles. The average Bonchev–Trinajstić information content (AvgIpc) is 2.55. The molecular weight excluding hydrogens is 292 g/mol. The molecule has 1 spiro atoms. The minimum absolute atomic E-state index is 0.0143. The molecule has 122 valence electrons. The lowest BCUT2D eigenvalue weighted by Gasteiger charge is -2.56. The highest BCUT2D eigenvalue weighted by Gasteiger charge is 2.55. The molecule has 4 aliphatic rings. The molecule has 5 nitrogen and oxygen atoms in total. The summed E-state index contributed by atoms with van der Waals surface area (Å²) < 4.78 is 5.24. The summed E-state index contributed by atoms with van der Waals surface area (Å²) in [5.41, 5.74) is 1.19. The molecule has 3 unspecified atom stereocenters. The molecule has 0 radical (unpaired) electrons. The molecule has 5 heteroatoms. The largest absolute Gasteiger partial charge is 0.466 e. The molecule has 3 aliphatic carbocycles. The average molecular weight is 314 g/mol. The Morgan fingerprint density at radius 2 is 2.13 bits per heavy atom. The van der Waals surface area contributed by atoms with Crippen molar-refractivity contribution in [2.45, 2.75) is 38.3 Å². The second-order valence-corrected chi connectivity index (χ2v) is 6.93. The second kappa shape index (κ2) is 5.25. The fourth-order valence-electron chi connectivity index (χ4n) is 4.68. The number of esters is 1. The topological polar surface area (TPSA) is 67.4 Å². The number of carbonyl (C=O) groups is 2. The molecular formula is C18H22N2O3. The van der Waals surface area contributed by atoms with Gasteiger partial charge in [-0.3, -0.25) is 9.59 Å². The third-order valence-corrected chi connectivity index (χ3v) is 5.73. The second-order valence-electron chi connectivity index (χ2n) is 6.93. The van der Waals surface area contributed by atoms with Crippen LogP contribution in [0.2, 0.25) is 0 Å². The lowest BCUT2D eigenvalue weighted by molar-refractivity contribution is -0.155. The number of carbonyl (C=O) groups excluding carboxylic acids is 2. The van der Waals surface area contributed by atoms with Gasteiger partial charge in [0.25, 0.3) is 5.91 Å². The van der Waals surface area contributed by atoms with E-state index in [2.05, 4.69) is 10.6 Å². The maximum atomic E-state index is 12.5. The molecule has 23 heavy (non-hydrogen) atoms. The van der Waals surface area contributed by atoms with Gasteiger partial charge in [-0.15, -0.1) is 0 Å². The Morgan fingerprint density at radius 1 is 1.30 bits per heavy atom. The number of amides is 1. The Balaban J connectivity index is 1.61. The van der Waals surface area contributed by atoms with Crippen molar-refractivity contribution in [1.82, 2.24) is 5.32 Å². The number of hydrogen-bond acceptors (Lipinski definition) is 4. The van der Waals surface area contributed by atoms with Gasteiger partial charge in [0.05, 0.1) is 18.1 Å². The van der Waals surface area contributed by atoms with Crippen LogP contribution in [0.5, 0.6) is 0 Å². The first-order valence-corrected chi connectivity index (χ1v) is 8.49. The number of fused-ring (bicyclic) bond motifs is 3. The van der Waals surface area contributed by atoms with E-state index < -0.39 is 5.66 Å². The van der Waals surface area contributed by atoms with Crippen LogP contribution >= 0.6 is 0 Å². The van der Waals surface area contributed by atoms with Gasteiger partial charge in [0.15, 0.2) is 0 Å². The molecule has 4 atom stereocenters. The zero-order chi connectivity index (χ0) is 16.0. The van der Waals surface area contributed by atoms with Crippen LogP contribution in [0.3, 0.4) is 0 Å². The van der Waals surface area contributed by atoms with Crippen LogP contribution in [0, 0.1) is 17.8 Å². The van der Waals surface area contributed by atoms with Crippen molar-refractivity contribution in [1.29, 1.82) is 0 Å². The first-order chi connectivity index (χ1) is 11.1. The van der Waals surface area contributed by atoms with E-state index in [9.17, 15) is 9.59 Å². The van der Waals surface area contributed by atoms with Crippen molar-refractivity contribution in [3.63, 3.8) is 0 Å². The molecule has 0 aromatic heterocycles. The Kier molecular flexibility index (Phi) is 3.32.